The minimum atomic E-state index is -0.630. The summed E-state index contributed by atoms with van der Waals surface area (Å²) < 4.78 is 13.0. The van der Waals surface area contributed by atoms with Gasteiger partial charge in [0.15, 0.2) is 0 Å². The van der Waals surface area contributed by atoms with Crippen LogP contribution in [0.25, 0.3) is 6.08 Å². The lowest BCUT2D eigenvalue weighted by Gasteiger charge is -1.95. The van der Waals surface area contributed by atoms with Gasteiger partial charge in [0.1, 0.15) is 0 Å². The van der Waals surface area contributed by atoms with Gasteiger partial charge in [-0.3, -0.25) is 4.79 Å². The monoisotopic (exact) mass is 214 g/mol. The molecule has 0 aliphatic heterocycles. The summed E-state index contributed by atoms with van der Waals surface area (Å²) >= 11 is 5.60. The van der Waals surface area contributed by atoms with Gasteiger partial charge >= 0.3 is 0 Å². The molecule has 1 heterocycles. The summed E-state index contributed by atoms with van der Waals surface area (Å²) in [5, 5.41) is 0.338. The van der Waals surface area contributed by atoms with Crippen molar-refractivity contribution in [2.24, 2.45) is 5.73 Å². The first-order valence-corrected chi connectivity index (χ1v) is 4.23. The molecule has 0 atom stereocenters. The average molecular weight is 215 g/mol. The molecule has 2 N–H and O–H groups in total. The highest BCUT2D eigenvalue weighted by Crippen LogP contribution is 2.13. The molecule has 0 aliphatic rings. The van der Waals surface area contributed by atoms with Crippen LogP contribution in [0.5, 0.6) is 0 Å². The molecule has 1 aromatic heterocycles. The van der Waals surface area contributed by atoms with Gasteiger partial charge in [-0.25, -0.2) is 4.98 Å². The second kappa shape index (κ2) is 4.72. The Morgan fingerprint density at radius 3 is 3.07 bits per heavy atom. The average Bonchev–Trinajstić information content (AvgIpc) is 2.10. The van der Waals surface area contributed by atoms with E-state index in [0.29, 0.717) is 5.02 Å². The Bertz CT molecular complexity index is 379. The van der Waals surface area contributed by atoms with Crippen LogP contribution in [0.15, 0.2) is 18.3 Å². The second-order valence-corrected chi connectivity index (χ2v) is 3.04. The van der Waals surface area contributed by atoms with Gasteiger partial charge < -0.3 is 5.73 Å². The third-order valence-electron chi connectivity index (χ3n) is 1.45. The molecule has 0 aliphatic carbocycles. The molecule has 3 nitrogen and oxygen atoms in total. The zero-order valence-electron chi connectivity index (χ0n) is 7.21. The van der Waals surface area contributed by atoms with Gasteiger partial charge in [0.05, 0.1) is 5.02 Å². The van der Waals surface area contributed by atoms with E-state index in [2.05, 4.69) is 4.98 Å². The standard InChI is InChI=1S/C9H8ClFN2O/c10-7-4-6(9(11)13-5-7)2-1-3-8(12)14/h1-2,4-5H,3H2,(H2,12,14). The van der Waals surface area contributed by atoms with E-state index in [4.69, 9.17) is 17.3 Å². The zero-order valence-corrected chi connectivity index (χ0v) is 7.96. The highest BCUT2D eigenvalue weighted by molar-refractivity contribution is 6.30. The Hall–Kier alpha value is -1.42. The number of hydrogen-bond acceptors (Lipinski definition) is 2. The zero-order chi connectivity index (χ0) is 10.6. The van der Waals surface area contributed by atoms with Crippen LogP contribution in [0.3, 0.4) is 0 Å². The van der Waals surface area contributed by atoms with Crippen LogP contribution in [0.2, 0.25) is 5.02 Å². The van der Waals surface area contributed by atoms with E-state index in [9.17, 15) is 9.18 Å². The number of rotatable bonds is 3. The van der Waals surface area contributed by atoms with Crippen LogP contribution < -0.4 is 5.73 Å². The Balaban J connectivity index is 2.80. The van der Waals surface area contributed by atoms with Crippen molar-refractivity contribution in [3.63, 3.8) is 0 Å². The minimum Gasteiger partial charge on any atom is -0.369 e. The first-order valence-electron chi connectivity index (χ1n) is 3.85. The van der Waals surface area contributed by atoms with Crippen molar-refractivity contribution in [2.45, 2.75) is 6.42 Å². The van der Waals surface area contributed by atoms with Crippen LogP contribution in [-0.4, -0.2) is 10.9 Å². The van der Waals surface area contributed by atoms with Crippen LogP contribution >= 0.6 is 11.6 Å². The number of amides is 1. The van der Waals surface area contributed by atoms with E-state index in [1.165, 1.54) is 24.4 Å². The van der Waals surface area contributed by atoms with E-state index in [-0.39, 0.29) is 12.0 Å². The number of pyridine rings is 1. The number of carbonyl (C=O) groups is 1. The van der Waals surface area contributed by atoms with Gasteiger partial charge in [0, 0.05) is 18.2 Å². The molecule has 1 aromatic rings. The third-order valence-corrected chi connectivity index (χ3v) is 1.66. The summed E-state index contributed by atoms with van der Waals surface area (Å²) in [7, 11) is 0. The van der Waals surface area contributed by atoms with Gasteiger partial charge in [-0.05, 0) is 6.07 Å². The Morgan fingerprint density at radius 1 is 1.71 bits per heavy atom. The Kier molecular flexibility index (Phi) is 3.59. The van der Waals surface area contributed by atoms with Crippen LogP contribution in [0.4, 0.5) is 4.39 Å². The molecule has 14 heavy (non-hydrogen) atoms. The molecule has 0 aromatic carbocycles. The number of primary amides is 1. The summed E-state index contributed by atoms with van der Waals surface area (Å²) in [5.74, 6) is -1.10. The van der Waals surface area contributed by atoms with E-state index in [0.717, 1.165) is 0 Å². The van der Waals surface area contributed by atoms with Gasteiger partial charge in [-0.1, -0.05) is 23.8 Å². The van der Waals surface area contributed by atoms with Crippen molar-refractivity contribution in [1.82, 2.24) is 4.98 Å². The maximum Gasteiger partial charge on any atom is 0.221 e. The van der Waals surface area contributed by atoms with Crippen LogP contribution in [0, 0.1) is 5.95 Å². The van der Waals surface area contributed by atoms with Gasteiger partial charge in [-0.2, -0.15) is 4.39 Å². The first kappa shape index (κ1) is 10.7. The van der Waals surface area contributed by atoms with Crippen LogP contribution in [-0.2, 0) is 4.79 Å². The molecule has 0 bridgehead atoms. The number of aromatic nitrogens is 1. The molecule has 0 spiro atoms. The van der Waals surface area contributed by atoms with E-state index in [1.54, 1.807) is 0 Å². The maximum absolute atomic E-state index is 13.0. The van der Waals surface area contributed by atoms with Gasteiger partial charge in [-0.15, -0.1) is 0 Å². The van der Waals surface area contributed by atoms with Gasteiger partial charge in [0.25, 0.3) is 0 Å². The molecule has 0 fully saturated rings. The number of nitrogens with zero attached hydrogens (tertiary/aromatic N) is 1. The largest absolute Gasteiger partial charge is 0.369 e. The van der Waals surface area contributed by atoms with Crippen molar-refractivity contribution >= 4 is 23.6 Å². The highest BCUT2D eigenvalue weighted by Gasteiger charge is 2.00. The lowest BCUT2D eigenvalue weighted by atomic mass is 10.2. The molecule has 0 saturated carbocycles. The fourth-order valence-electron chi connectivity index (χ4n) is 0.857. The summed E-state index contributed by atoms with van der Waals surface area (Å²) in [6, 6.07) is 1.42. The topological polar surface area (TPSA) is 56.0 Å². The summed E-state index contributed by atoms with van der Waals surface area (Å²) in [4.78, 5) is 13.8. The highest BCUT2D eigenvalue weighted by atomic mass is 35.5. The number of halogens is 2. The van der Waals surface area contributed by atoms with E-state index < -0.39 is 11.9 Å². The van der Waals surface area contributed by atoms with Crippen molar-refractivity contribution < 1.29 is 9.18 Å². The number of hydrogen-bond donors (Lipinski definition) is 1. The fraction of sp³-hybridized carbons (Fsp3) is 0.111. The van der Waals surface area contributed by atoms with Crippen molar-refractivity contribution in [1.29, 1.82) is 0 Å². The smallest absolute Gasteiger partial charge is 0.221 e. The van der Waals surface area contributed by atoms with E-state index >= 15 is 0 Å². The normalized spacial score (nSPS) is 10.7. The second-order valence-electron chi connectivity index (χ2n) is 2.61. The Morgan fingerprint density at radius 2 is 2.43 bits per heavy atom. The first-order chi connectivity index (χ1) is 6.59. The minimum absolute atomic E-state index is 0.0615. The predicted molar refractivity (Wildman–Crippen MR) is 52.1 cm³/mol. The van der Waals surface area contributed by atoms with Crippen molar-refractivity contribution in [3.05, 3.63) is 34.9 Å². The SMILES string of the molecule is NC(=O)CC=Cc1cc(Cl)cnc1F. The molecular formula is C9H8ClFN2O. The fourth-order valence-corrected chi connectivity index (χ4v) is 1.02. The molecule has 1 rings (SSSR count). The van der Waals surface area contributed by atoms with Gasteiger partial charge in [0.2, 0.25) is 11.9 Å². The lowest BCUT2D eigenvalue weighted by Crippen LogP contribution is -2.07. The molecule has 0 saturated heterocycles. The predicted octanol–water partition coefficient (Wildman–Crippen LogP) is 1.76. The summed E-state index contributed by atoms with van der Waals surface area (Å²) in [6.07, 6.45) is 4.14. The Labute approximate surface area is 85.4 Å². The number of carbonyl (C=O) groups excluding carboxylic acids is 1. The third kappa shape index (κ3) is 3.14. The molecule has 0 radical (unpaired) electrons. The van der Waals surface area contributed by atoms with Crippen molar-refractivity contribution in [2.75, 3.05) is 0 Å². The lowest BCUT2D eigenvalue weighted by molar-refractivity contribution is -0.117. The molecule has 74 valence electrons. The number of nitrogens with two attached hydrogens (primary N) is 1. The molecular weight excluding hydrogens is 207 g/mol. The summed E-state index contributed by atoms with van der Waals surface area (Å²) in [5.41, 5.74) is 5.13. The molecule has 1 amide bonds. The molecule has 5 heteroatoms. The van der Waals surface area contributed by atoms with Crippen LogP contribution in [0.1, 0.15) is 12.0 Å². The van der Waals surface area contributed by atoms with E-state index in [1.807, 2.05) is 0 Å². The quantitative estimate of drug-likeness (QED) is 0.780. The maximum atomic E-state index is 13.0. The summed E-state index contributed by atoms with van der Waals surface area (Å²) in [6.45, 7) is 0. The molecule has 0 unspecified atom stereocenters. The van der Waals surface area contributed by atoms with Crippen molar-refractivity contribution in [3.8, 4) is 0 Å².